The smallest absolute Gasteiger partial charge is 0.224 e. The number of rotatable bonds is 2. The first kappa shape index (κ1) is 10.6. The second-order valence-electron chi connectivity index (χ2n) is 3.99. The minimum atomic E-state index is 0.163. The first-order valence-corrected chi connectivity index (χ1v) is 5.72. The molecular formula is C12H15NOS. The summed E-state index contributed by atoms with van der Waals surface area (Å²) in [4.78, 5) is 13.6. The van der Waals surface area contributed by atoms with Crippen LogP contribution in [0, 0.1) is 0 Å². The van der Waals surface area contributed by atoms with Gasteiger partial charge in [0.1, 0.15) is 0 Å². The summed E-state index contributed by atoms with van der Waals surface area (Å²) in [5.74, 6) is 0.214. The minimum Gasteiger partial charge on any atom is -0.335 e. The predicted molar refractivity (Wildman–Crippen MR) is 64.0 cm³/mol. The molecule has 80 valence electrons. The van der Waals surface area contributed by atoms with Gasteiger partial charge in [0.15, 0.2) is 0 Å². The number of carbonyl (C=O) groups excluding carboxylic acids is 1. The summed E-state index contributed by atoms with van der Waals surface area (Å²) in [6.07, 6.45) is 0.570. The zero-order valence-electron chi connectivity index (χ0n) is 8.76. The highest BCUT2D eigenvalue weighted by Crippen LogP contribution is 2.27. The van der Waals surface area contributed by atoms with E-state index in [1.807, 2.05) is 23.1 Å². The number of thiol groups is 1. The van der Waals surface area contributed by atoms with Crippen LogP contribution >= 0.6 is 12.6 Å². The molecule has 2 nitrogen and oxygen atoms in total. The summed E-state index contributed by atoms with van der Waals surface area (Å²) in [7, 11) is 0. The normalized spacial score (nSPS) is 23.2. The van der Waals surface area contributed by atoms with Gasteiger partial charge in [0, 0.05) is 18.2 Å². The lowest BCUT2D eigenvalue weighted by Gasteiger charge is -2.24. The number of hydrogen-bond donors (Lipinski definition) is 1. The zero-order chi connectivity index (χ0) is 10.8. The van der Waals surface area contributed by atoms with E-state index in [0.29, 0.717) is 6.42 Å². The van der Waals surface area contributed by atoms with Crippen LogP contribution in [-0.2, 0) is 4.79 Å². The van der Waals surface area contributed by atoms with E-state index in [1.165, 1.54) is 5.56 Å². The highest BCUT2D eigenvalue weighted by molar-refractivity contribution is 7.81. The van der Waals surface area contributed by atoms with Gasteiger partial charge in [-0.25, -0.2) is 0 Å². The summed E-state index contributed by atoms with van der Waals surface area (Å²) >= 11 is 4.36. The lowest BCUT2D eigenvalue weighted by atomic mass is 10.1. The maximum absolute atomic E-state index is 11.7. The Balaban J connectivity index is 2.15. The zero-order valence-corrected chi connectivity index (χ0v) is 9.65. The third-order valence-electron chi connectivity index (χ3n) is 2.89. The van der Waals surface area contributed by atoms with E-state index in [4.69, 9.17) is 0 Å². The van der Waals surface area contributed by atoms with E-state index in [-0.39, 0.29) is 17.2 Å². The van der Waals surface area contributed by atoms with Crippen molar-refractivity contribution in [2.45, 2.75) is 24.6 Å². The third-order valence-corrected chi connectivity index (χ3v) is 3.23. The number of benzene rings is 1. The molecule has 1 aromatic rings. The lowest BCUT2D eigenvalue weighted by Crippen LogP contribution is -2.28. The number of amides is 1. The summed E-state index contributed by atoms with van der Waals surface area (Å²) in [6.45, 7) is 2.83. The fourth-order valence-corrected chi connectivity index (χ4v) is 2.33. The molecule has 1 heterocycles. The molecule has 15 heavy (non-hydrogen) atoms. The largest absolute Gasteiger partial charge is 0.335 e. The molecule has 3 heteroatoms. The highest BCUT2D eigenvalue weighted by atomic mass is 32.1. The fraction of sp³-hybridized carbons (Fsp3) is 0.417. The van der Waals surface area contributed by atoms with Gasteiger partial charge in [-0.2, -0.15) is 12.6 Å². The number of likely N-dealkylation sites (tertiary alicyclic amines) is 1. The molecule has 0 aliphatic carbocycles. The minimum absolute atomic E-state index is 0.163. The van der Waals surface area contributed by atoms with Gasteiger partial charge in [-0.15, -0.1) is 0 Å². The van der Waals surface area contributed by atoms with E-state index in [2.05, 4.69) is 31.7 Å². The second kappa shape index (κ2) is 4.27. The molecule has 0 bridgehead atoms. The van der Waals surface area contributed by atoms with Crippen LogP contribution in [0.1, 0.15) is 24.9 Å². The maximum Gasteiger partial charge on any atom is 0.224 e. The van der Waals surface area contributed by atoms with Crippen molar-refractivity contribution < 1.29 is 4.79 Å². The van der Waals surface area contributed by atoms with Crippen molar-refractivity contribution in [1.82, 2.24) is 4.90 Å². The molecular weight excluding hydrogens is 206 g/mol. The van der Waals surface area contributed by atoms with Crippen molar-refractivity contribution in [3.63, 3.8) is 0 Å². The molecule has 1 amide bonds. The van der Waals surface area contributed by atoms with E-state index in [9.17, 15) is 4.79 Å². The van der Waals surface area contributed by atoms with Crippen molar-refractivity contribution in [2.75, 3.05) is 6.54 Å². The quantitative estimate of drug-likeness (QED) is 0.760. The Morgan fingerprint density at radius 3 is 2.60 bits per heavy atom. The fourth-order valence-electron chi connectivity index (χ4n) is 2.00. The van der Waals surface area contributed by atoms with Crippen molar-refractivity contribution in [3.8, 4) is 0 Å². The van der Waals surface area contributed by atoms with E-state index < -0.39 is 0 Å². The topological polar surface area (TPSA) is 20.3 Å². The van der Waals surface area contributed by atoms with Gasteiger partial charge in [-0.3, -0.25) is 4.79 Å². The van der Waals surface area contributed by atoms with Crippen molar-refractivity contribution in [3.05, 3.63) is 35.9 Å². The molecule has 1 unspecified atom stereocenters. The first-order valence-electron chi connectivity index (χ1n) is 5.21. The lowest BCUT2D eigenvalue weighted by molar-refractivity contribution is -0.129. The highest BCUT2D eigenvalue weighted by Gasteiger charge is 2.30. The van der Waals surface area contributed by atoms with Gasteiger partial charge in [-0.05, 0) is 12.5 Å². The number of carbonyl (C=O) groups is 1. The van der Waals surface area contributed by atoms with E-state index in [0.717, 1.165) is 6.54 Å². The molecule has 2 atom stereocenters. The van der Waals surface area contributed by atoms with Gasteiger partial charge in [0.05, 0.1) is 6.04 Å². The Morgan fingerprint density at radius 1 is 1.40 bits per heavy atom. The average Bonchev–Trinajstić information content (AvgIpc) is 2.58. The maximum atomic E-state index is 11.7. The van der Waals surface area contributed by atoms with Crippen LogP contribution in [0.4, 0.5) is 0 Å². The Kier molecular flexibility index (Phi) is 3.00. The van der Waals surface area contributed by atoms with Crippen LogP contribution in [0.15, 0.2) is 30.3 Å². The van der Waals surface area contributed by atoms with Crippen LogP contribution in [0.25, 0.3) is 0 Å². The van der Waals surface area contributed by atoms with Crippen LogP contribution in [0.5, 0.6) is 0 Å². The molecule has 1 aliphatic rings. The summed E-state index contributed by atoms with van der Waals surface area (Å²) in [5, 5.41) is 0.198. The van der Waals surface area contributed by atoms with Crippen LogP contribution in [0.2, 0.25) is 0 Å². The van der Waals surface area contributed by atoms with Gasteiger partial charge < -0.3 is 4.90 Å². The van der Waals surface area contributed by atoms with Gasteiger partial charge in [-0.1, -0.05) is 30.3 Å². The Morgan fingerprint density at radius 2 is 2.07 bits per heavy atom. The number of nitrogens with zero attached hydrogens (tertiary/aromatic N) is 1. The Bertz CT molecular complexity index is 352. The van der Waals surface area contributed by atoms with Gasteiger partial charge in [0.25, 0.3) is 0 Å². The molecule has 0 spiro atoms. The molecule has 0 aromatic heterocycles. The standard InChI is InChI=1S/C12H15NOS/c1-9(10-5-3-2-4-6-10)13-8-11(15)7-12(13)14/h2-6,9,11,15H,7-8H2,1H3/t9-,11?/m0/s1. The molecule has 1 aromatic carbocycles. The first-order chi connectivity index (χ1) is 7.18. The Hall–Kier alpha value is -0.960. The molecule has 2 rings (SSSR count). The molecule has 0 saturated carbocycles. The average molecular weight is 221 g/mol. The molecule has 1 saturated heterocycles. The van der Waals surface area contributed by atoms with Crippen molar-refractivity contribution in [2.24, 2.45) is 0 Å². The Labute approximate surface area is 95.7 Å². The molecule has 1 fully saturated rings. The summed E-state index contributed by atoms with van der Waals surface area (Å²) in [5.41, 5.74) is 1.19. The molecule has 1 aliphatic heterocycles. The molecule has 0 N–H and O–H groups in total. The van der Waals surface area contributed by atoms with Crippen LogP contribution in [0.3, 0.4) is 0 Å². The number of hydrogen-bond acceptors (Lipinski definition) is 2. The van der Waals surface area contributed by atoms with Gasteiger partial charge >= 0.3 is 0 Å². The van der Waals surface area contributed by atoms with Crippen LogP contribution in [-0.4, -0.2) is 22.6 Å². The summed E-state index contributed by atoms with van der Waals surface area (Å²) < 4.78 is 0. The SMILES string of the molecule is C[C@@H](c1ccccc1)N1CC(S)CC1=O. The molecule has 0 radical (unpaired) electrons. The van der Waals surface area contributed by atoms with Crippen molar-refractivity contribution >= 4 is 18.5 Å². The monoisotopic (exact) mass is 221 g/mol. The van der Waals surface area contributed by atoms with Gasteiger partial charge in [0.2, 0.25) is 5.91 Å². The van der Waals surface area contributed by atoms with Crippen molar-refractivity contribution in [1.29, 1.82) is 0 Å². The van der Waals surface area contributed by atoms with E-state index in [1.54, 1.807) is 0 Å². The third kappa shape index (κ3) is 2.17. The summed E-state index contributed by atoms with van der Waals surface area (Å²) in [6, 6.07) is 10.3. The predicted octanol–water partition coefficient (Wildman–Crippen LogP) is 2.28. The van der Waals surface area contributed by atoms with Crippen LogP contribution < -0.4 is 0 Å². The van der Waals surface area contributed by atoms with E-state index >= 15 is 0 Å². The second-order valence-corrected chi connectivity index (χ2v) is 4.72.